The third kappa shape index (κ3) is 1.87. The molecule has 2 unspecified atom stereocenters. The molecule has 3 nitrogen and oxygen atoms in total. The van der Waals surface area contributed by atoms with E-state index in [1.807, 2.05) is 6.92 Å². The lowest BCUT2D eigenvalue weighted by molar-refractivity contribution is -0.115. The van der Waals surface area contributed by atoms with Gasteiger partial charge in [-0.3, -0.25) is 4.79 Å². The molecule has 2 rings (SSSR count). The topological polar surface area (TPSA) is 42.7 Å². The highest BCUT2D eigenvalue weighted by Crippen LogP contribution is 2.22. The van der Waals surface area contributed by atoms with Gasteiger partial charge in [-0.1, -0.05) is 0 Å². The van der Waals surface area contributed by atoms with Gasteiger partial charge in [0.1, 0.15) is 11.9 Å². The van der Waals surface area contributed by atoms with Crippen molar-refractivity contribution in [2.24, 2.45) is 0 Å². The molecule has 13 heavy (non-hydrogen) atoms. The first-order valence-electron chi connectivity index (χ1n) is 4.18. The number of epoxide rings is 1. The Morgan fingerprint density at radius 1 is 1.62 bits per heavy atom. The van der Waals surface area contributed by atoms with Crippen molar-refractivity contribution >= 4 is 11.9 Å². The summed E-state index contributed by atoms with van der Waals surface area (Å²) in [6.45, 7) is 1.88. The van der Waals surface area contributed by atoms with Crippen LogP contribution in [0.15, 0.2) is 28.9 Å². The number of furan rings is 1. The molecule has 0 N–H and O–H groups in total. The molecular formula is C10H10O3. The second-order valence-electron chi connectivity index (χ2n) is 3.01. The molecule has 68 valence electrons. The van der Waals surface area contributed by atoms with Crippen molar-refractivity contribution < 1.29 is 13.9 Å². The van der Waals surface area contributed by atoms with Crippen LogP contribution < -0.4 is 0 Å². The summed E-state index contributed by atoms with van der Waals surface area (Å²) in [6.07, 6.45) is 4.56. The first-order chi connectivity index (χ1) is 6.27. The molecule has 3 heteroatoms. The van der Waals surface area contributed by atoms with Crippen LogP contribution in [0.1, 0.15) is 12.7 Å². The van der Waals surface area contributed by atoms with Crippen molar-refractivity contribution in [1.29, 1.82) is 0 Å². The molecule has 2 heterocycles. The van der Waals surface area contributed by atoms with Crippen LogP contribution in [0.2, 0.25) is 0 Å². The molecule has 0 aromatic carbocycles. The van der Waals surface area contributed by atoms with E-state index in [2.05, 4.69) is 0 Å². The smallest absolute Gasteiger partial charge is 0.187 e. The van der Waals surface area contributed by atoms with E-state index in [4.69, 9.17) is 9.15 Å². The zero-order valence-corrected chi connectivity index (χ0v) is 7.27. The van der Waals surface area contributed by atoms with Crippen molar-refractivity contribution in [2.75, 3.05) is 0 Å². The van der Waals surface area contributed by atoms with Crippen LogP contribution in [0.25, 0.3) is 6.08 Å². The Bertz CT molecular complexity index is 324. The Kier molecular flexibility index (Phi) is 2.02. The molecule has 1 fully saturated rings. The second-order valence-corrected chi connectivity index (χ2v) is 3.01. The molecule has 0 bridgehead atoms. The fraction of sp³-hybridized carbons (Fsp3) is 0.300. The van der Waals surface area contributed by atoms with Gasteiger partial charge in [0.05, 0.1) is 12.4 Å². The first kappa shape index (κ1) is 8.26. The van der Waals surface area contributed by atoms with E-state index < -0.39 is 0 Å². The molecular weight excluding hydrogens is 168 g/mol. The summed E-state index contributed by atoms with van der Waals surface area (Å²) in [7, 11) is 0. The molecule has 1 aromatic rings. The quantitative estimate of drug-likeness (QED) is 0.522. The highest BCUT2D eigenvalue weighted by Gasteiger charge is 2.39. The van der Waals surface area contributed by atoms with Crippen LogP contribution in [0.3, 0.4) is 0 Å². The van der Waals surface area contributed by atoms with E-state index in [0.717, 1.165) is 0 Å². The molecule has 1 aromatic heterocycles. The van der Waals surface area contributed by atoms with E-state index in [1.165, 1.54) is 6.08 Å². The normalized spacial score (nSPS) is 26.5. The van der Waals surface area contributed by atoms with Gasteiger partial charge < -0.3 is 9.15 Å². The van der Waals surface area contributed by atoms with E-state index in [9.17, 15) is 4.79 Å². The monoisotopic (exact) mass is 178 g/mol. The van der Waals surface area contributed by atoms with Crippen molar-refractivity contribution in [2.45, 2.75) is 19.1 Å². The zero-order chi connectivity index (χ0) is 9.26. The Morgan fingerprint density at radius 2 is 2.38 bits per heavy atom. The summed E-state index contributed by atoms with van der Waals surface area (Å²) in [5.74, 6) is 0.686. The van der Waals surface area contributed by atoms with Gasteiger partial charge in [-0.25, -0.2) is 0 Å². The standard InChI is InChI=1S/C10H10O3/c1-7-10(13-7)9(11)5-4-8-3-2-6-12-8/h2-7,10H,1H3/b5-4+. The van der Waals surface area contributed by atoms with Crippen LogP contribution in [0, 0.1) is 0 Å². The minimum absolute atomic E-state index is 0.00361. The Hall–Kier alpha value is -1.35. The lowest BCUT2D eigenvalue weighted by Crippen LogP contribution is -2.03. The summed E-state index contributed by atoms with van der Waals surface area (Å²) in [5, 5.41) is 0. The summed E-state index contributed by atoms with van der Waals surface area (Å²) >= 11 is 0. The molecule has 1 saturated heterocycles. The van der Waals surface area contributed by atoms with E-state index in [-0.39, 0.29) is 18.0 Å². The van der Waals surface area contributed by atoms with Crippen molar-refractivity contribution in [3.63, 3.8) is 0 Å². The van der Waals surface area contributed by atoms with Gasteiger partial charge in [0.15, 0.2) is 5.78 Å². The predicted octanol–water partition coefficient (Wildman–Crippen LogP) is 1.65. The molecule has 0 spiro atoms. The third-order valence-electron chi connectivity index (χ3n) is 1.95. The Labute approximate surface area is 76.0 Å². The number of rotatable bonds is 3. The van der Waals surface area contributed by atoms with Gasteiger partial charge in [0.25, 0.3) is 0 Å². The third-order valence-corrected chi connectivity index (χ3v) is 1.95. The number of ether oxygens (including phenoxy) is 1. The van der Waals surface area contributed by atoms with Crippen molar-refractivity contribution in [3.05, 3.63) is 30.2 Å². The average Bonchev–Trinajstić information content (AvgIpc) is 2.68. The fourth-order valence-electron chi connectivity index (χ4n) is 1.13. The van der Waals surface area contributed by atoms with E-state index in [1.54, 1.807) is 24.5 Å². The Balaban J connectivity index is 1.94. The lowest BCUT2D eigenvalue weighted by atomic mass is 10.2. The van der Waals surface area contributed by atoms with Gasteiger partial charge in [-0.05, 0) is 31.2 Å². The molecule has 1 aliphatic rings. The van der Waals surface area contributed by atoms with Crippen LogP contribution in [0.5, 0.6) is 0 Å². The van der Waals surface area contributed by atoms with Crippen LogP contribution in [0.4, 0.5) is 0 Å². The SMILES string of the molecule is CC1OC1C(=O)/C=C/c1ccco1. The second kappa shape index (κ2) is 3.18. The summed E-state index contributed by atoms with van der Waals surface area (Å²) in [4.78, 5) is 11.3. The van der Waals surface area contributed by atoms with Gasteiger partial charge >= 0.3 is 0 Å². The average molecular weight is 178 g/mol. The van der Waals surface area contributed by atoms with Crippen LogP contribution >= 0.6 is 0 Å². The number of ketones is 1. The molecule has 0 radical (unpaired) electrons. The van der Waals surface area contributed by atoms with Crippen LogP contribution in [-0.2, 0) is 9.53 Å². The van der Waals surface area contributed by atoms with E-state index in [0.29, 0.717) is 5.76 Å². The summed E-state index contributed by atoms with van der Waals surface area (Å²) in [5.41, 5.74) is 0. The van der Waals surface area contributed by atoms with Gasteiger partial charge in [-0.15, -0.1) is 0 Å². The number of hydrogen-bond donors (Lipinski definition) is 0. The number of carbonyl (C=O) groups excluding carboxylic acids is 1. The minimum Gasteiger partial charge on any atom is -0.465 e. The van der Waals surface area contributed by atoms with E-state index >= 15 is 0 Å². The van der Waals surface area contributed by atoms with Crippen molar-refractivity contribution in [3.8, 4) is 0 Å². The van der Waals surface area contributed by atoms with Gasteiger partial charge in [-0.2, -0.15) is 0 Å². The predicted molar refractivity (Wildman–Crippen MR) is 47.1 cm³/mol. The molecule has 0 aliphatic carbocycles. The fourth-order valence-corrected chi connectivity index (χ4v) is 1.13. The molecule has 1 aliphatic heterocycles. The largest absolute Gasteiger partial charge is 0.465 e. The minimum atomic E-state index is -0.230. The van der Waals surface area contributed by atoms with Gasteiger partial charge in [0, 0.05) is 0 Å². The molecule has 2 atom stereocenters. The molecule has 0 saturated carbocycles. The number of carbonyl (C=O) groups is 1. The van der Waals surface area contributed by atoms with Crippen LogP contribution in [-0.4, -0.2) is 18.0 Å². The summed E-state index contributed by atoms with van der Waals surface area (Å²) < 4.78 is 10.0. The van der Waals surface area contributed by atoms with Gasteiger partial charge in [0.2, 0.25) is 0 Å². The highest BCUT2D eigenvalue weighted by atomic mass is 16.6. The number of hydrogen-bond acceptors (Lipinski definition) is 3. The zero-order valence-electron chi connectivity index (χ0n) is 7.27. The lowest BCUT2D eigenvalue weighted by Gasteiger charge is -1.84. The maximum absolute atomic E-state index is 11.3. The maximum Gasteiger partial charge on any atom is 0.187 e. The van der Waals surface area contributed by atoms with Crippen molar-refractivity contribution in [1.82, 2.24) is 0 Å². The highest BCUT2D eigenvalue weighted by molar-refractivity contribution is 5.98. The first-order valence-corrected chi connectivity index (χ1v) is 4.18. The molecule has 0 amide bonds. The Morgan fingerprint density at radius 3 is 2.92 bits per heavy atom. The summed E-state index contributed by atoms with van der Waals surface area (Å²) in [6, 6.07) is 3.57. The maximum atomic E-state index is 11.3.